The molecule has 0 radical (unpaired) electrons. The summed E-state index contributed by atoms with van der Waals surface area (Å²) in [6.07, 6.45) is 1.23. The average molecular weight is 375 g/mol. The number of aryl methyl sites for hydroxylation is 1. The van der Waals surface area contributed by atoms with Crippen LogP contribution in [0.2, 0.25) is 0 Å². The van der Waals surface area contributed by atoms with E-state index in [0.29, 0.717) is 30.2 Å². The van der Waals surface area contributed by atoms with Gasteiger partial charge in [0.1, 0.15) is 17.8 Å². The fourth-order valence-electron chi connectivity index (χ4n) is 3.25. The summed E-state index contributed by atoms with van der Waals surface area (Å²) in [6.45, 7) is 8.10. The van der Waals surface area contributed by atoms with Crippen LogP contribution in [0.4, 0.5) is 4.79 Å². The molecule has 4 amide bonds. The van der Waals surface area contributed by atoms with E-state index in [-0.39, 0.29) is 12.5 Å². The van der Waals surface area contributed by atoms with Gasteiger partial charge in [0, 0.05) is 6.54 Å². The zero-order valence-electron chi connectivity index (χ0n) is 16.7. The predicted molar refractivity (Wildman–Crippen MR) is 102 cm³/mol. The van der Waals surface area contributed by atoms with Crippen LogP contribution in [0.1, 0.15) is 44.7 Å². The quantitative estimate of drug-likeness (QED) is 0.683. The summed E-state index contributed by atoms with van der Waals surface area (Å²) >= 11 is 0. The van der Waals surface area contributed by atoms with E-state index in [9.17, 15) is 14.4 Å². The molecule has 7 heteroatoms. The third kappa shape index (κ3) is 4.23. The fraction of sp³-hybridized carbons (Fsp3) is 0.550. The van der Waals surface area contributed by atoms with Crippen LogP contribution < -0.4 is 15.4 Å². The summed E-state index contributed by atoms with van der Waals surface area (Å²) in [5.74, 6) is 0.437. The molecule has 0 aromatic heterocycles. The van der Waals surface area contributed by atoms with Gasteiger partial charge < -0.3 is 15.4 Å². The molecule has 1 aliphatic rings. The van der Waals surface area contributed by atoms with E-state index >= 15 is 0 Å². The van der Waals surface area contributed by atoms with Gasteiger partial charge in [0.05, 0.1) is 7.11 Å². The first-order chi connectivity index (χ1) is 12.7. The lowest BCUT2D eigenvalue weighted by molar-refractivity contribution is -0.135. The molecular formula is C20H29N3O4. The first kappa shape index (κ1) is 20.7. The molecule has 0 bridgehead atoms. The molecule has 0 aliphatic carbocycles. The third-order valence-electron chi connectivity index (χ3n) is 4.94. The Morgan fingerprint density at radius 1 is 1.33 bits per heavy atom. The molecule has 148 valence electrons. The van der Waals surface area contributed by atoms with Gasteiger partial charge in [-0.05, 0) is 48.9 Å². The summed E-state index contributed by atoms with van der Waals surface area (Å²) in [5.41, 5.74) is 0.394. The molecule has 1 fully saturated rings. The number of rotatable bonds is 8. The van der Waals surface area contributed by atoms with E-state index in [1.807, 2.05) is 19.9 Å². The molecule has 2 rings (SSSR count). The molecule has 27 heavy (non-hydrogen) atoms. The average Bonchev–Trinajstić information content (AvgIpc) is 2.86. The van der Waals surface area contributed by atoms with Crippen LogP contribution in [0, 0.1) is 12.8 Å². The number of carbonyl (C=O) groups excluding carboxylic acids is 3. The van der Waals surface area contributed by atoms with E-state index in [0.717, 1.165) is 16.9 Å². The van der Waals surface area contributed by atoms with Crippen molar-refractivity contribution < 1.29 is 19.1 Å². The molecule has 1 aromatic carbocycles. The van der Waals surface area contributed by atoms with Gasteiger partial charge in [0.2, 0.25) is 5.91 Å². The van der Waals surface area contributed by atoms with E-state index in [4.69, 9.17) is 4.74 Å². The second kappa shape index (κ2) is 8.41. The third-order valence-corrected chi connectivity index (χ3v) is 4.94. The fourth-order valence-corrected chi connectivity index (χ4v) is 3.25. The Balaban J connectivity index is 2.19. The first-order valence-corrected chi connectivity index (χ1v) is 9.31. The van der Waals surface area contributed by atoms with Crippen LogP contribution in [0.15, 0.2) is 18.2 Å². The minimum Gasteiger partial charge on any atom is -0.496 e. The topological polar surface area (TPSA) is 87.7 Å². The summed E-state index contributed by atoms with van der Waals surface area (Å²) in [5, 5.41) is 5.56. The molecule has 1 atom stereocenters. The number of imide groups is 1. The van der Waals surface area contributed by atoms with Crippen molar-refractivity contribution in [3.8, 4) is 5.75 Å². The SMILES string of the molecule is CCC1(c2ccc(OC)c(C)c2)NC(=O)N(CC(=O)NCCC(C)C)C1=O. The highest BCUT2D eigenvalue weighted by Gasteiger charge is 2.51. The number of hydrogen-bond acceptors (Lipinski definition) is 4. The van der Waals surface area contributed by atoms with Crippen LogP contribution in [0.3, 0.4) is 0 Å². The van der Waals surface area contributed by atoms with Gasteiger partial charge in [-0.15, -0.1) is 0 Å². The van der Waals surface area contributed by atoms with Gasteiger partial charge in [-0.25, -0.2) is 4.79 Å². The number of methoxy groups -OCH3 is 1. The molecule has 0 saturated carbocycles. The number of ether oxygens (including phenoxy) is 1. The smallest absolute Gasteiger partial charge is 0.325 e. The van der Waals surface area contributed by atoms with Crippen molar-refractivity contribution in [2.45, 2.75) is 46.1 Å². The highest BCUT2D eigenvalue weighted by Crippen LogP contribution is 2.34. The van der Waals surface area contributed by atoms with Gasteiger partial charge in [-0.2, -0.15) is 0 Å². The normalized spacial score (nSPS) is 19.4. The summed E-state index contributed by atoms with van der Waals surface area (Å²) < 4.78 is 5.27. The van der Waals surface area contributed by atoms with Crippen molar-refractivity contribution in [2.24, 2.45) is 5.92 Å². The Labute approximate surface area is 160 Å². The molecule has 7 nitrogen and oxygen atoms in total. The Kier molecular flexibility index (Phi) is 6.46. The van der Waals surface area contributed by atoms with Crippen molar-refractivity contribution in [2.75, 3.05) is 20.2 Å². The van der Waals surface area contributed by atoms with Crippen molar-refractivity contribution in [1.82, 2.24) is 15.5 Å². The van der Waals surface area contributed by atoms with E-state index in [1.54, 1.807) is 19.2 Å². The monoisotopic (exact) mass is 375 g/mol. The van der Waals surface area contributed by atoms with E-state index in [1.165, 1.54) is 0 Å². The lowest BCUT2D eigenvalue weighted by Crippen LogP contribution is -2.45. The summed E-state index contributed by atoms with van der Waals surface area (Å²) in [4.78, 5) is 38.7. The molecule has 1 aromatic rings. The number of carbonyl (C=O) groups is 3. The highest BCUT2D eigenvalue weighted by molar-refractivity contribution is 6.09. The second-order valence-electron chi connectivity index (χ2n) is 7.30. The molecule has 2 N–H and O–H groups in total. The maximum atomic E-state index is 13.1. The van der Waals surface area contributed by atoms with Crippen LogP contribution >= 0.6 is 0 Å². The minimum atomic E-state index is -1.16. The lowest BCUT2D eigenvalue weighted by Gasteiger charge is -2.26. The highest BCUT2D eigenvalue weighted by atomic mass is 16.5. The zero-order valence-corrected chi connectivity index (χ0v) is 16.7. The molecular weight excluding hydrogens is 346 g/mol. The largest absolute Gasteiger partial charge is 0.496 e. The Morgan fingerprint density at radius 2 is 2.04 bits per heavy atom. The van der Waals surface area contributed by atoms with Gasteiger partial charge >= 0.3 is 6.03 Å². The number of hydrogen-bond donors (Lipinski definition) is 2. The zero-order chi connectivity index (χ0) is 20.2. The Hall–Kier alpha value is -2.57. The Morgan fingerprint density at radius 3 is 2.59 bits per heavy atom. The maximum Gasteiger partial charge on any atom is 0.325 e. The molecule has 1 heterocycles. The second-order valence-corrected chi connectivity index (χ2v) is 7.30. The number of nitrogens with one attached hydrogen (secondary N) is 2. The summed E-state index contributed by atoms with van der Waals surface area (Å²) in [7, 11) is 1.58. The summed E-state index contributed by atoms with van der Waals surface area (Å²) in [6, 6.07) is 4.85. The number of amides is 4. The van der Waals surface area contributed by atoms with Gasteiger partial charge in [-0.3, -0.25) is 14.5 Å². The number of nitrogens with zero attached hydrogens (tertiary/aromatic N) is 1. The standard InChI is InChI=1S/C20H29N3O4/c1-6-20(15-7-8-16(27-5)14(4)11-15)18(25)23(19(26)22-20)12-17(24)21-10-9-13(2)3/h7-8,11,13H,6,9-10,12H2,1-5H3,(H,21,24)(H,22,26). The maximum absolute atomic E-state index is 13.1. The van der Waals surface area contributed by atoms with Crippen LogP contribution in [-0.4, -0.2) is 42.9 Å². The van der Waals surface area contributed by atoms with Gasteiger partial charge in [-0.1, -0.05) is 26.8 Å². The van der Waals surface area contributed by atoms with Gasteiger partial charge in [0.25, 0.3) is 5.91 Å². The van der Waals surface area contributed by atoms with Crippen molar-refractivity contribution in [1.29, 1.82) is 0 Å². The number of benzene rings is 1. The van der Waals surface area contributed by atoms with E-state index < -0.39 is 17.5 Å². The van der Waals surface area contributed by atoms with Crippen LogP contribution in [0.5, 0.6) is 5.75 Å². The van der Waals surface area contributed by atoms with Crippen molar-refractivity contribution in [3.05, 3.63) is 29.3 Å². The molecule has 1 aliphatic heterocycles. The predicted octanol–water partition coefficient (Wildman–Crippen LogP) is 2.32. The Bertz CT molecular complexity index is 732. The van der Waals surface area contributed by atoms with Crippen LogP contribution in [0.25, 0.3) is 0 Å². The first-order valence-electron chi connectivity index (χ1n) is 9.31. The molecule has 1 saturated heterocycles. The number of urea groups is 1. The molecule has 1 unspecified atom stereocenters. The van der Waals surface area contributed by atoms with Crippen LogP contribution in [-0.2, 0) is 15.1 Å². The van der Waals surface area contributed by atoms with Crippen molar-refractivity contribution in [3.63, 3.8) is 0 Å². The van der Waals surface area contributed by atoms with E-state index in [2.05, 4.69) is 24.5 Å². The van der Waals surface area contributed by atoms with Crippen molar-refractivity contribution >= 4 is 17.8 Å². The minimum absolute atomic E-state index is 0.278. The molecule has 0 spiro atoms. The van der Waals surface area contributed by atoms with Gasteiger partial charge in [0.15, 0.2) is 0 Å². The lowest BCUT2D eigenvalue weighted by atomic mass is 9.86.